The van der Waals surface area contributed by atoms with Crippen molar-refractivity contribution in [2.24, 2.45) is 0 Å². The van der Waals surface area contributed by atoms with Gasteiger partial charge in [0.1, 0.15) is 11.6 Å². The maximum absolute atomic E-state index is 13.3. The number of benzene rings is 1. The van der Waals surface area contributed by atoms with Crippen LogP contribution in [0, 0.1) is 18.2 Å². The summed E-state index contributed by atoms with van der Waals surface area (Å²) < 4.78 is 18.2. The lowest BCUT2D eigenvalue weighted by Crippen LogP contribution is -2.14. The van der Waals surface area contributed by atoms with Crippen LogP contribution in [0.5, 0.6) is 5.75 Å². The van der Waals surface area contributed by atoms with E-state index in [1.807, 2.05) is 0 Å². The first-order chi connectivity index (χ1) is 6.77. The minimum atomic E-state index is -0.283. The largest absolute Gasteiger partial charge is 0.497 e. The van der Waals surface area contributed by atoms with Gasteiger partial charge in [-0.3, -0.25) is 0 Å². The summed E-state index contributed by atoms with van der Waals surface area (Å²) >= 11 is 0. The molecule has 0 atom stereocenters. The minimum Gasteiger partial charge on any atom is -0.497 e. The first-order valence-electron chi connectivity index (χ1n) is 4.24. The van der Waals surface area contributed by atoms with Crippen molar-refractivity contribution in [3.63, 3.8) is 0 Å². The molecule has 1 aromatic rings. The molecular formula is C11H12FNO. The summed E-state index contributed by atoms with van der Waals surface area (Å²) in [4.78, 5) is 0. The summed E-state index contributed by atoms with van der Waals surface area (Å²) in [7, 11) is 1.50. The van der Waals surface area contributed by atoms with Gasteiger partial charge < -0.3 is 10.1 Å². The quantitative estimate of drug-likeness (QED) is 0.578. The number of halogens is 1. The lowest BCUT2D eigenvalue weighted by Gasteiger charge is -2.05. The second kappa shape index (κ2) is 5.25. The fourth-order valence-corrected chi connectivity index (χ4v) is 1.07. The average molecular weight is 193 g/mol. The molecule has 0 saturated heterocycles. The standard InChI is InChI=1S/C11H12FNO/c1-3-6-13-8-9-4-5-10(14-2)7-11(9)12/h1,4-5,7,13H,6,8H2,2H3. The predicted octanol–water partition coefficient (Wildman–Crippen LogP) is 1.56. The van der Waals surface area contributed by atoms with Gasteiger partial charge in [-0.25, -0.2) is 4.39 Å². The van der Waals surface area contributed by atoms with E-state index in [4.69, 9.17) is 11.2 Å². The Kier molecular flexibility index (Phi) is 3.96. The molecule has 0 fully saturated rings. The van der Waals surface area contributed by atoms with Gasteiger partial charge >= 0.3 is 0 Å². The smallest absolute Gasteiger partial charge is 0.131 e. The van der Waals surface area contributed by atoms with Crippen molar-refractivity contribution in [2.45, 2.75) is 6.54 Å². The number of terminal acetylenes is 1. The van der Waals surface area contributed by atoms with Crippen molar-refractivity contribution in [1.29, 1.82) is 0 Å². The molecule has 0 amide bonds. The Morgan fingerprint density at radius 3 is 2.93 bits per heavy atom. The molecule has 0 spiro atoms. The zero-order valence-corrected chi connectivity index (χ0v) is 8.01. The molecule has 0 aliphatic carbocycles. The summed E-state index contributed by atoms with van der Waals surface area (Å²) in [6.07, 6.45) is 5.05. The third-order valence-electron chi connectivity index (χ3n) is 1.80. The van der Waals surface area contributed by atoms with Crippen molar-refractivity contribution in [3.05, 3.63) is 29.6 Å². The molecule has 1 rings (SSSR count). The van der Waals surface area contributed by atoms with Gasteiger partial charge in [0.25, 0.3) is 0 Å². The molecule has 0 heterocycles. The maximum atomic E-state index is 13.3. The highest BCUT2D eigenvalue weighted by molar-refractivity contribution is 5.28. The highest BCUT2D eigenvalue weighted by atomic mass is 19.1. The molecule has 0 aromatic heterocycles. The summed E-state index contributed by atoms with van der Waals surface area (Å²) in [6, 6.07) is 4.75. The molecule has 0 aliphatic rings. The fourth-order valence-electron chi connectivity index (χ4n) is 1.07. The predicted molar refractivity (Wildman–Crippen MR) is 53.5 cm³/mol. The highest BCUT2D eigenvalue weighted by Crippen LogP contribution is 2.15. The molecule has 0 aliphatic heterocycles. The Morgan fingerprint density at radius 1 is 1.57 bits per heavy atom. The summed E-state index contributed by atoms with van der Waals surface area (Å²) in [5.74, 6) is 2.66. The van der Waals surface area contributed by atoms with Gasteiger partial charge in [0.15, 0.2) is 0 Å². The van der Waals surface area contributed by atoms with Crippen LogP contribution in [0.3, 0.4) is 0 Å². The molecule has 14 heavy (non-hydrogen) atoms. The summed E-state index contributed by atoms with van der Waals surface area (Å²) in [5, 5.41) is 2.91. The minimum absolute atomic E-state index is 0.283. The van der Waals surface area contributed by atoms with Crippen LogP contribution < -0.4 is 10.1 Å². The molecule has 74 valence electrons. The number of hydrogen-bond acceptors (Lipinski definition) is 2. The number of ether oxygens (including phenoxy) is 1. The Bertz CT molecular complexity index is 344. The molecule has 0 radical (unpaired) electrons. The third kappa shape index (κ3) is 2.75. The molecule has 0 saturated carbocycles. The first kappa shape index (κ1) is 10.6. The number of nitrogens with one attached hydrogen (secondary N) is 1. The third-order valence-corrected chi connectivity index (χ3v) is 1.80. The van der Waals surface area contributed by atoms with Gasteiger partial charge in [0, 0.05) is 18.2 Å². The zero-order valence-electron chi connectivity index (χ0n) is 8.01. The van der Waals surface area contributed by atoms with Crippen molar-refractivity contribution in [3.8, 4) is 18.1 Å². The Labute approximate surface area is 83.1 Å². The van der Waals surface area contributed by atoms with Crippen LogP contribution in [0.25, 0.3) is 0 Å². The topological polar surface area (TPSA) is 21.3 Å². The van der Waals surface area contributed by atoms with E-state index >= 15 is 0 Å². The van der Waals surface area contributed by atoms with Crippen LogP contribution in [0.15, 0.2) is 18.2 Å². The molecule has 0 unspecified atom stereocenters. The van der Waals surface area contributed by atoms with Crippen LogP contribution in [-0.4, -0.2) is 13.7 Å². The van der Waals surface area contributed by atoms with Gasteiger partial charge in [-0.2, -0.15) is 0 Å². The van der Waals surface area contributed by atoms with E-state index in [-0.39, 0.29) is 5.82 Å². The van der Waals surface area contributed by atoms with Crippen molar-refractivity contribution in [1.82, 2.24) is 5.32 Å². The monoisotopic (exact) mass is 193 g/mol. The van der Waals surface area contributed by atoms with E-state index in [0.29, 0.717) is 24.4 Å². The zero-order chi connectivity index (χ0) is 10.4. The van der Waals surface area contributed by atoms with Crippen LogP contribution >= 0.6 is 0 Å². The second-order valence-corrected chi connectivity index (χ2v) is 2.77. The van der Waals surface area contributed by atoms with E-state index in [2.05, 4.69) is 11.2 Å². The summed E-state index contributed by atoms with van der Waals surface area (Å²) in [6.45, 7) is 0.867. The summed E-state index contributed by atoms with van der Waals surface area (Å²) in [5.41, 5.74) is 0.584. The number of hydrogen-bond donors (Lipinski definition) is 1. The van der Waals surface area contributed by atoms with E-state index in [0.717, 1.165) is 0 Å². The van der Waals surface area contributed by atoms with E-state index in [1.54, 1.807) is 12.1 Å². The molecule has 0 bridgehead atoms. The molecule has 2 nitrogen and oxygen atoms in total. The second-order valence-electron chi connectivity index (χ2n) is 2.77. The van der Waals surface area contributed by atoms with Gasteiger partial charge in [0.05, 0.1) is 13.7 Å². The van der Waals surface area contributed by atoms with Gasteiger partial charge in [0.2, 0.25) is 0 Å². The lowest BCUT2D eigenvalue weighted by atomic mass is 10.2. The first-order valence-corrected chi connectivity index (χ1v) is 4.24. The lowest BCUT2D eigenvalue weighted by molar-refractivity contribution is 0.410. The molecule has 3 heteroatoms. The Balaban J connectivity index is 2.65. The van der Waals surface area contributed by atoms with Crippen LogP contribution in [0.1, 0.15) is 5.56 Å². The van der Waals surface area contributed by atoms with Crippen molar-refractivity contribution < 1.29 is 9.13 Å². The normalized spacial score (nSPS) is 9.50. The molecule has 1 N–H and O–H groups in total. The van der Waals surface area contributed by atoms with Crippen molar-refractivity contribution in [2.75, 3.05) is 13.7 Å². The SMILES string of the molecule is C#CCNCc1ccc(OC)cc1F. The van der Waals surface area contributed by atoms with Gasteiger partial charge in [-0.05, 0) is 6.07 Å². The van der Waals surface area contributed by atoms with E-state index < -0.39 is 0 Å². The Morgan fingerprint density at radius 2 is 2.36 bits per heavy atom. The van der Waals surface area contributed by atoms with Gasteiger partial charge in [-0.1, -0.05) is 12.0 Å². The van der Waals surface area contributed by atoms with E-state index in [1.165, 1.54) is 13.2 Å². The highest BCUT2D eigenvalue weighted by Gasteiger charge is 2.02. The van der Waals surface area contributed by atoms with E-state index in [9.17, 15) is 4.39 Å². The Hall–Kier alpha value is -1.53. The molecular weight excluding hydrogens is 181 g/mol. The maximum Gasteiger partial charge on any atom is 0.131 e. The van der Waals surface area contributed by atoms with Crippen LogP contribution in [0.2, 0.25) is 0 Å². The van der Waals surface area contributed by atoms with Crippen LogP contribution in [0.4, 0.5) is 4.39 Å². The van der Waals surface area contributed by atoms with Gasteiger partial charge in [-0.15, -0.1) is 6.42 Å². The number of methoxy groups -OCH3 is 1. The fraction of sp³-hybridized carbons (Fsp3) is 0.273. The van der Waals surface area contributed by atoms with Crippen LogP contribution in [-0.2, 0) is 6.54 Å². The average Bonchev–Trinajstić information content (AvgIpc) is 2.20. The molecule has 1 aromatic carbocycles. The van der Waals surface area contributed by atoms with Crippen molar-refractivity contribution >= 4 is 0 Å². The number of rotatable bonds is 4.